The van der Waals surface area contributed by atoms with Gasteiger partial charge in [0.2, 0.25) is 0 Å². The summed E-state index contributed by atoms with van der Waals surface area (Å²) in [6.07, 6.45) is 0. The van der Waals surface area contributed by atoms with Crippen molar-refractivity contribution in [3.63, 3.8) is 0 Å². The Balaban J connectivity index is 1.81. The summed E-state index contributed by atoms with van der Waals surface area (Å²) < 4.78 is 5.55. The zero-order chi connectivity index (χ0) is 17.3. The third-order valence-electron chi connectivity index (χ3n) is 5.63. The van der Waals surface area contributed by atoms with Crippen molar-refractivity contribution in [2.45, 2.75) is 0 Å². The minimum atomic E-state index is 0.913. The molecule has 26 heavy (non-hydrogen) atoms. The molecule has 0 aromatic heterocycles. The van der Waals surface area contributed by atoms with Gasteiger partial charge in [0.1, 0.15) is 5.75 Å². The zero-order valence-corrected chi connectivity index (χ0v) is 14.4. The van der Waals surface area contributed by atoms with E-state index in [4.69, 9.17) is 4.74 Å². The van der Waals surface area contributed by atoms with Crippen molar-refractivity contribution in [2.75, 3.05) is 7.11 Å². The molecule has 1 nitrogen and oxygen atoms in total. The lowest BCUT2D eigenvalue weighted by molar-refractivity contribution is 0.415. The van der Waals surface area contributed by atoms with Gasteiger partial charge in [0.25, 0.3) is 0 Å². The molecule has 0 radical (unpaired) electrons. The molecule has 0 heterocycles. The van der Waals surface area contributed by atoms with Gasteiger partial charge in [-0.05, 0) is 78.8 Å². The molecule has 0 amide bonds. The molecule has 122 valence electrons. The first-order valence-corrected chi connectivity index (χ1v) is 8.90. The van der Waals surface area contributed by atoms with Crippen LogP contribution in [0.4, 0.5) is 0 Å². The van der Waals surface area contributed by atoms with Gasteiger partial charge in [-0.25, -0.2) is 0 Å². The van der Waals surface area contributed by atoms with E-state index in [1.165, 1.54) is 54.6 Å². The predicted octanol–water partition coefficient (Wildman–Crippen LogP) is 6.80. The second-order valence-corrected chi connectivity index (χ2v) is 6.99. The summed E-state index contributed by atoms with van der Waals surface area (Å²) in [6, 6.07) is 28.6. The molecule has 0 N–H and O–H groups in total. The van der Waals surface area contributed by atoms with Gasteiger partial charge in [-0.15, -0.1) is 0 Å². The molecule has 5 aromatic carbocycles. The molecule has 1 aliphatic carbocycles. The van der Waals surface area contributed by atoms with E-state index in [1.807, 2.05) is 0 Å². The third-order valence-corrected chi connectivity index (χ3v) is 5.63. The number of rotatable bonds is 1. The Morgan fingerprint density at radius 1 is 0.577 bits per heavy atom. The molecule has 0 atom stereocenters. The summed E-state index contributed by atoms with van der Waals surface area (Å²) >= 11 is 0. The van der Waals surface area contributed by atoms with Crippen molar-refractivity contribution in [3.8, 4) is 28.0 Å². The van der Waals surface area contributed by atoms with Gasteiger partial charge in [0.15, 0.2) is 0 Å². The first-order chi connectivity index (χ1) is 12.8. The van der Waals surface area contributed by atoms with Crippen LogP contribution in [0.1, 0.15) is 0 Å². The molecule has 6 rings (SSSR count). The minimum Gasteiger partial charge on any atom is -0.497 e. The fourth-order valence-electron chi connectivity index (χ4n) is 4.47. The van der Waals surface area contributed by atoms with Gasteiger partial charge in [0, 0.05) is 0 Å². The maximum Gasteiger partial charge on any atom is 0.120 e. The smallest absolute Gasteiger partial charge is 0.120 e. The summed E-state index contributed by atoms with van der Waals surface area (Å²) in [6.45, 7) is 0. The van der Waals surface area contributed by atoms with Crippen LogP contribution in [0.2, 0.25) is 0 Å². The molecule has 1 aliphatic rings. The highest BCUT2D eigenvalue weighted by Gasteiger charge is 2.24. The molecular formula is C25H16O. The molecule has 0 saturated heterocycles. The van der Waals surface area contributed by atoms with Gasteiger partial charge in [-0.2, -0.15) is 0 Å². The molecule has 5 aromatic rings. The van der Waals surface area contributed by atoms with E-state index >= 15 is 0 Å². The van der Waals surface area contributed by atoms with Crippen LogP contribution >= 0.6 is 0 Å². The van der Waals surface area contributed by atoms with Crippen molar-refractivity contribution in [1.29, 1.82) is 0 Å². The largest absolute Gasteiger partial charge is 0.497 e. The van der Waals surface area contributed by atoms with Crippen molar-refractivity contribution >= 4 is 32.3 Å². The van der Waals surface area contributed by atoms with E-state index in [1.54, 1.807) is 7.11 Å². The lowest BCUT2D eigenvalue weighted by Gasteiger charge is -2.09. The lowest BCUT2D eigenvalue weighted by atomic mass is 9.94. The standard InChI is InChI=1S/C25H16O/c1-26-19-12-18-7-4-8-21-24(18)23(14-19)20-10-9-17-11-15-5-2-3-6-16(15)13-22(17)25(20)21/h2-14H,1H3. The van der Waals surface area contributed by atoms with Crippen LogP contribution in [-0.2, 0) is 0 Å². The summed E-state index contributed by atoms with van der Waals surface area (Å²) in [7, 11) is 1.74. The number of hydrogen-bond donors (Lipinski definition) is 0. The van der Waals surface area contributed by atoms with Gasteiger partial charge >= 0.3 is 0 Å². The van der Waals surface area contributed by atoms with Gasteiger partial charge in [-0.3, -0.25) is 0 Å². The van der Waals surface area contributed by atoms with Crippen molar-refractivity contribution in [2.24, 2.45) is 0 Å². The van der Waals surface area contributed by atoms with Gasteiger partial charge in [0.05, 0.1) is 7.11 Å². The van der Waals surface area contributed by atoms with Crippen LogP contribution in [0.5, 0.6) is 5.75 Å². The SMILES string of the molecule is COc1cc2c3c(cccc3c1)-c1c-2ccc2cc3ccccc3cc12. The van der Waals surface area contributed by atoms with Crippen LogP contribution in [0.25, 0.3) is 54.6 Å². The molecule has 1 heteroatoms. The van der Waals surface area contributed by atoms with Crippen molar-refractivity contribution in [1.82, 2.24) is 0 Å². The normalized spacial score (nSPS) is 12.0. The summed E-state index contributed by atoms with van der Waals surface area (Å²) in [5.41, 5.74) is 5.26. The number of fused-ring (bicyclic) bond motifs is 6. The monoisotopic (exact) mass is 332 g/mol. The van der Waals surface area contributed by atoms with E-state index in [0.717, 1.165) is 5.75 Å². The van der Waals surface area contributed by atoms with Crippen LogP contribution < -0.4 is 4.74 Å². The summed E-state index contributed by atoms with van der Waals surface area (Å²) in [5, 5.41) is 7.76. The van der Waals surface area contributed by atoms with Gasteiger partial charge in [-0.1, -0.05) is 54.6 Å². The number of ether oxygens (including phenoxy) is 1. The Bertz CT molecular complexity index is 1360. The van der Waals surface area contributed by atoms with E-state index in [9.17, 15) is 0 Å². The van der Waals surface area contributed by atoms with Crippen LogP contribution in [0.3, 0.4) is 0 Å². The second-order valence-electron chi connectivity index (χ2n) is 6.99. The number of benzene rings is 5. The van der Waals surface area contributed by atoms with Crippen LogP contribution in [0, 0.1) is 0 Å². The van der Waals surface area contributed by atoms with Crippen molar-refractivity contribution in [3.05, 3.63) is 78.9 Å². The topological polar surface area (TPSA) is 9.23 Å². The maximum absolute atomic E-state index is 5.55. The number of hydrogen-bond acceptors (Lipinski definition) is 1. The Kier molecular flexibility index (Phi) is 2.60. The quantitative estimate of drug-likeness (QED) is 0.301. The maximum atomic E-state index is 5.55. The Morgan fingerprint density at radius 3 is 2.23 bits per heavy atom. The average Bonchev–Trinajstić information content (AvgIpc) is 3.02. The Hall–Kier alpha value is -3.32. The van der Waals surface area contributed by atoms with Gasteiger partial charge < -0.3 is 4.74 Å². The van der Waals surface area contributed by atoms with Crippen molar-refractivity contribution < 1.29 is 4.74 Å². The molecule has 0 fully saturated rings. The molecule has 0 bridgehead atoms. The first kappa shape index (κ1) is 13.9. The lowest BCUT2D eigenvalue weighted by Crippen LogP contribution is -1.84. The molecule has 0 saturated carbocycles. The first-order valence-electron chi connectivity index (χ1n) is 8.90. The fourth-order valence-corrected chi connectivity index (χ4v) is 4.47. The summed E-state index contributed by atoms with van der Waals surface area (Å²) in [5.74, 6) is 0.913. The van der Waals surface area contributed by atoms with E-state index in [0.29, 0.717) is 0 Å². The molecular weight excluding hydrogens is 316 g/mol. The summed E-state index contributed by atoms with van der Waals surface area (Å²) in [4.78, 5) is 0. The number of methoxy groups -OCH3 is 1. The van der Waals surface area contributed by atoms with E-state index in [-0.39, 0.29) is 0 Å². The second kappa shape index (κ2) is 4.86. The third kappa shape index (κ3) is 1.70. The van der Waals surface area contributed by atoms with Crippen LogP contribution in [-0.4, -0.2) is 7.11 Å². The predicted molar refractivity (Wildman–Crippen MR) is 110 cm³/mol. The molecule has 0 unspecified atom stereocenters. The van der Waals surface area contributed by atoms with Crippen LogP contribution in [0.15, 0.2) is 78.9 Å². The minimum absolute atomic E-state index is 0.913. The highest BCUT2D eigenvalue weighted by Crippen LogP contribution is 2.51. The highest BCUT2D eigenvalue weighted by molar-refractivity contribution is 6.22. The molecule has 0 spiro atoms. The van der Waals surface area contributed by atoms with E-state index < -0.39 is 0 Å². The Morgan fingerprint density at radius 2 is 1.38 bits per heavy atom. The fraction of sp³-hybridized carbons (Fsp3) is 0.0400. The van der Waals surface area contributed by atoms with E-state index in [2.05, 4.69) is 78.9 Å². The molecule has 0 aliphatic heterocycles. The Labute approximate surface area is 151 Å². The highest BCUT2D eigenvalue weighted by atomic mass is 16.5. The zero-order valence-electron chi connectivity index (χ0n) is 14.4. The average molecular weight is 332 g/mol.